The molecule has 2 atom stereocenters. The van der Waals surface area contributed by atoms with Crippen molar-refractivity contribution in [3.05, 3.63) is 0 Å². The summed E-state index contributed by atoms with van der Waals surface area (Å²) in [6.45, 7) is 13.7. The average molecular weight is 288 g/mol. The summed E-state index contributed by atoms with van der Waals surface area (Å²) in [5, 5.41) is 3.11. The third kappa shape index (κ3) is 6.20. The van der Waals surface area contributed by atoms with Crippen LogP contribution in [0.5, 0.6) is 0 Å². The summed E-state index contributed by atoms with van der Waals surface area (Å²) in [6, 6.07) is 0.280. The number of hydrogen-bond donors (Lipinski definition) is 1. The number of likely N-dealkylation sites (N-methyl/N-ethyl adjacent to an activating group) is 2. The molecule has 1 N–H and O–H groups in total. The summed E-state index contributed by atoms with van der Waals surface area (Å²) in [4.78, 5) is 14.4. The quantitative estimate of drug-likeness (QED) is 0.463. The molecule has 0 aromatic carbocycles. The first-order valence-corrected chi connectivity index (χ1v) is 7.63. The first kappa shape index (κ1) is 19.4. The van der Waals surface area contributed by atoms with Crippen LogP contribution in [-0.4, -0.2) is 62.4 Å². The van der Waals surface area contributed by atoms with E-state index in [9.17, 15) is 4.79 Å². The van der Waals surface area contributed by atoms with E-state index in [0.29, 0.717) is 13.0 Å². The molecule has 0 aliphatic heterocycles. The summed E-state index contributed by atoms with van der Waals surface area (Å²) in [6.07, 6.45) is 0.711. The second kappa shape index (κ2) is 10.1. The molecular formula is C15H32N2O3. The van der Waals surface area contributed by atoms with Gasteiger partial charge >= 0.3 is 5.97 Å². The number of nitrogens with one attached hydrogen (secondary N) is 1. The van der Waals surface area contributed by atoms with E-state index in [-0.39, 0.29) is 12.0 Å². The van der Waals surface area contributed by atoms with Crippen molar-refractivity contribution in [3.8, 4) is 0 Å². The summed E-state index contributed by atoms with van der Waals surface area (Å²) >= 11 is 0. The Hall–Kier alpha value is -0.650. The molecule has 0 spiro atoms. The Labute approximate surface area is 124 Å². The molecule has 5 nitrogen and oxygen atoms in total. The lowest BCUT2D eigenvalue weighted by Gasteiger charge is -2.35. The number of carbonyl (C=O) groups is 1. The third-order valence-electron chi connectivity index (χ3n) is 3.74. The Kier molecular flexibility index (Phi) is 9.80. The lowest BCUT2D eigenvalue weighted by atomic mass is 9.93. The van der Waals surface area contributed by atoms with Gasteiger partial charge in [0.1, 0.15) is 5.54 Å². The van der Waals surface area contributed by atoms with Crippen molar-refractivity contribution in [3.63, 3.8) is 0 Å². The van der Waals surface area contributed by atoms with Gasteiger partial charge in [-0.2, -0.15) is 0 Å². The van der Waals surface area contributed by atoms with E-state index in [1.54, 1.807) is 7.05 Å². The van der Waals surface area contributed by atoms with E-state index in [2.05, 4.69) is 24.1 Å². The van der Waals surface area contributed by atoms with Crippen LogP contribution >= 0.6 is 0 Å². The minimum atomic E-state index is -0.644. The van der Waals surface area contributed by atoms with Gasteiger partial charge in [-0.05, 0) is 47.7 Å². The van der Waals surface area contributed by atoms with Gasteiger partial charge in [-0.15, -0.1) is 0 Å². The lowest BCUT2D eigenvalue weighted by Crippen LogP contribution is -2.53. The minimum Gasteiger partial charge on any atom is -0.465 e. The highest BCUT2D eigenvalue weighted by Gasteiger charge is 2.35. The third-order valence-corrected chi connectivity index (χ3v) is 3.74. The summed E-state index contributed by atoms with van der Waals surface area (Å²) in [5.74, 6) is -0.185. The molecule has 0 saturated carbocycles. The molecule has 0 heterocycles. The van der Waals surface area contributed by atoms with Crippen molar-refractivity contribution in [1.29, 1.82) is 0 Å². The highest BCUT2D eigenvalue weighted by Crippen LogP contribution is 2.18. The minimum absolute atomic E-state index is 0.185. The fourth-order valence-corrected chi connectivity index (χ4v) is 2.31. The number of carbonyl (C=O) groups excluding carboxylic acids is 1. The molecule has 20 heavy (non-hydrogen) atoms. The fraction of sp³-hybridized carbons (Fsp3) is 0.933. The molecule has 2 unspecified atom stereocenters. The van der Waals surface area contributed by atoms with Crippen LogP contribution in [0.4, 0.5) is 0 Å². The second-order valence-corrected chi connectivity index (χ2v) is 5.18. The molecule has 0 fully saturated rings. The molecule has 120 valence electrons. The van der Waals surface area contributed by atoms with Crippen LogP contribution in [0.1, 0.15) is 41.0 Å². The Bertz CT molecular complexity index is 274. The van der Waals surface area contributed by atoms with Crippen LogP contribution in [-0.2, 0) is 14.3 Å². The van der Waals surface area contributed by atoms with Gasteiger partial charge in [0, 0.05) is 19.2 Å². The zero-order valence-corrected chi connectivity index (χ0v) is 14.0. The molecule has 0 radical (unpaired) electrons. The zero-order chi connectivity index (χ0) is 15.6. The van der Waals surface area contributed by atoms with E-state index in [0.717, 1.165) is 26.3 Å². The van der Waals surface area contributed by atoms with Crippen molar-refractivity contribution in [2.45, 2.75) is 52.6 Å². The SMILES string of the molecule is CCOCCN(CC)C(C)CC(C)(NC)C(=O)OCC. The smallest absolute Gasteiger partial charge is 0.326 e. The van der Waals surface area contributed by atoms with Crippen LogP contribution < -0.4 is 5.32 Å². The maximum atomic E-state index is 12.1. The predicted octanol–water partition coefficient (Wildman–Crippen LogP) is 1.66. The zero-order valence-electron chi connectivity index (χ0n) is 14.0. The standard InChI is InChI=1S/C15H32N2O3/c1-7-17(10-11-19-8-2)13(4)12-15(5,16-6)14(18)20-9-3/h13,16H,7-12H2,1-6H3. The van der Waals surface area contributed by atoms with Gasteiger partial charge in [0.15, 0.2) is 0 Å². The monoisotopic (exact) mass is 288 g/mol. The Morgan fingerprint density at radius 2 is 1.95 bits per heavy atom. The first-order chi connectivity index (χ1) is 9.45. The number of ether oxygens (including phenoxy) is 2. The van der Waals surface area contributed by atoms with E-state index in [1.807, 2.05) is 20.8 Å². The van der Waals surface area contributed by atoms with E-state index < -0.39 is 5.54 Å². The van der Waals surface area contributed by atoms with Crippen LogP contribution in [0, 0.1) is 0 Å². The average Bonchev–Trinajstić information content (AvgIpc) is 2.43. The molecule has 0 rings (SSSR count). The van der Waals surface area contributed by atoms with Crippen molar-refractivity contribution in [1.82, 2.24) is 10.2 Å². The largest absolute Gasteiger partial charge is 0.465 e. The summed E-state index contributed by atoms with van der Waals surface area (Å²) < 4.78 is 10.6. The van der Waals surface area contributed by atoms with Crippen LogP contribution in [0.3, 0.4) is 0 Å². The maximum absolute atomic E-state index is 12.1. The van der Waals surface area contributed by atoms with Crippen molar-refractivity contribution >= 4 is 5.97 Å². The van der Waals surface area contributed by atoms with Crippen LogP contribution in [0.25, 0.3) is 0 Å². The van der Waals surface area contributed by atoms with Gasteiger partial charge < -0.3 is 14.8 Å². The number of nitrogens with zero attached hydrogens (tertiary/aromatic N) is 1. The van der Waals surface area contributed by atoms with Crippen molar-refractivity contribution in [2.75, 3.05) is 40.0 Å². The fourth-order valence-electron chi connectivity index (χ4n) is 2.31. The van der Waals surface area contributed by atoms with Crippen molar-refractivity contribution in [2.24, 2.45) is 0 Å². The van der Waals surface area contributed by atoms with Gasteiger partial charge in [-0.25, -0.2) is 0 Å². The van der Waals surface area contributed by atoms with Gasteiger partial charge in [0.2, 0.25) is 0 Å². The van der Waals surface area contributed by atoms with E-state index >= 15 is 0 Å². The van der Waals surface area contributed by atoms with Crippen molar-refractivity contribution < 1.29 is 14.3 Å². The Balaban J connectivity index is 4.56. The predicted molar refractivity (Wildman–Crippen MR) is 81.9 cm³/mol. The van der Waals surface area contributed by atoms with Gasteiger partial charge in [0.25, 0.3) is 0 Å². The van der Waals surface area contributed by atoms with Gasteiger partial charge in [-0.3, -0.25) is 9.69 Å². The number of esters is 1. The van der Waals surface area contributed by atoms with Crippen LogP contribution in [0.15, 0.2) is 0 Å². The Morgan fingerprint density at radius 3 is 2.40 bits per heavy atom. The summed E-state index contributed by atoms with van der Waals surface area (Å²) in [5.41, 5.74) is -0.644. The molecule has 0 aromatic rings. The van der Waals surface area contributed by atoms with Gasteiger partial charge in [0.05, 0.1) is 13.2 Å². The molecule has 0 amide bonds. The Morgan fingerprint density at radius 1 is 1.30 bits per heavy atom. The molecular weight excluding hydrogens is 256 g/mol. The molecule has 0 aliphatic rings. The molecule has 5 heteroatoms. The summed E-state index contributed by atoms with van der Waals surface area (Å²) in [7, 11) is 1.81. The van der Waals surface area contributed by atoms with E-state index in [1.165, 1.54) is 0 Å². The molecule has 0 saturated heterocycles. The van der Waals surface area contributed by atoms with Gasteiger partial charge in [-0.1, -0.05) is 6.92 Å². The van der Waals surface area contributed by atoms with E-state index in [4.69, 9.17) is 9.47 Å². The number of rotatable bonds is 11. The number of hydrogen-bond acceptors (Lipinski definition) is 5. The second-order valence-electron chi connectivity index (χ2n) is 5.18. The van der Waals surface area contributed by atoms with Crippen LogP contribution in [0.2, 0.25) is 0 Å². The highest BCUT2D eigenvalue weighted by atomic mass is 16.5. The normalized spacial score (nSPS) is 15.9. The molecule has 0 bridgehead atoms. The molecule has 0 aliphatic carbocycles. The maximum Gasteiger partial charge on any atom is 0.326 e. The topological polar surface area (TPSA) is 50.8 Å². The lowest BCUT2D eigenvalue weighted by molar-refractivity contribution is -0.151. The molecule has 0 aromatic heterocycles. The first-order valence-electron chi connectivity index (χ1n) is 7.63. The highest BCUT2D eigenvalue weighted by molar-refractivity contribution is 5.80.